The quantitative estimate of drug-likeness (QED) is 0.334. The molecule has 0 aliphatic heterocycles. The predicted octanol–water partition coefficient (Wildman–Crippen LogP) is 0.963. The number of aromatic nitrogens is 1. The third-order valence-corrected chi connectivity index (χ3v) is 2.10. The predicted molar refractivity (Wildman–Crippen MR) is 60.3 cm³/mol. The molecular weight excluding hydrogens is 192 g/mol. The highest BCUT2D eigenvalue weighted by molar-refractivity contribution is 5.80. The second-order valence-corrected chi connectivity index (χ2v) is 3.40. The van der Waals surface area contributed by atoms with Gasteiger partial charge in [0.15, 0.2) is 0 Å². The average Bonchev–Trinajstić information content (AvgIpc) is 2.25. The molecular formula is C10H16N4O. The van der Waals surface area contributed by atoms with Crippen molar-refractivity contribution in [2.45, 2.75) is 13.3 Å². The van der Waals surface area contributed by atoms with Gasteiger partial charge < -0.3 is 15.8 Å². The van der Waals surface area contributed by atoms with Crippen molar-refractivity contribution in [1.29, 1.82) is 0 Å². The molecule has 0 saturated carbocycles. The molecule has 0 saturated heterocycles. The Labute approximate surface area is 89.2 Å². The zero-order chi connectivity index (χ0) is 11.3. The molecule has 0 spiro atoms. The van der Waals surface area contributed by atoms with Crippen LogP contribution in [0.5, 0.6) is 0 Å². The maximum atomic E-state index is 8.39. The first-order chi connectivity index (χ1) is 7.13. The molecule has 0 atom stereocenters. The van der Waals surface area contributed by atoms with E-state index in [9.17, 15) is 0 Å². The van der Waals surface area contributed by atoms with Crippen molar-refractivity contribution in [2.24, 2.45) is 10.9 Å². The fraction of sp³-hybridized carbons (Fsp3) is 0.400. The second kappa shape index (κ2) is 5.19. The van der Waals surface area contributed by atoms with Gasteiger partial charge in [0, 0.05) is 25.7 Å². The summed E-state index contributed by atoms with van der Waals surface area (Å²) in [5, 5.41) is 11.3. The number of aryl methyl sites for hydroxylation is 1. The fourth-order valence-corrected chi connectivity index (χ4v) is 1.19. The third kappa shape index (κ3) is 3.46. The molecule has 1 aromatic rings. The minimum atomic E-state index is 0.231. The van der Waals surface area contributed by atoms with Crippen LogP contribution in [0.1, 0.15) is 12.1 Å². The van der Waals surface area contributed by atoms with Crippen LogP contribution in [0.15, 0.2) is 23.4 Å². The van der Waals surface area contributed by atoms with Gasteiger partial charge >= 0.3 is 0 Å². The normalized spacial score (nSPS) is 11.5. The molecule has 0 fully saturated rings. The molecule has 82 valence electrons. The highest BCUT2D eigenvalue weighted by atomic mass is 16.4. The molecule has 1 heterocycles. The van der Waals surface area contributed by atoms with Crippen LogP contribution < -0.4 is 10.6 Å². The van der Waals surface area contributed by atoms with Crippen molar-refractivity contribution < 1.29 is 5.21 Å². The highest BCUT2D eigenvalue weighted by Crippen LogP contribution is 2.09. The Morgan fingerprint density at radius 1 is 1.60 bits per heavy atom. The Kier molecular flexibility index (Phi) is 3.91. The maximum Gasteiger partial charge on any atom is 0.140 e. The van der Waals surface area contributed by atoms with Crippen LogP contribution in [-0.4, -0.2) is 29.6 Å². The van der Waals surface area contributed by atoms with E-state index in [0.29, 0.717) is 13.0 Å². The number of nitrogens with two attached hydrogens (primary N) is 1. The van der Waals surface area contributed by atoms with Gasteiger partial charge in [-0.1, -0.05) is 11.2 Å². The molecule has 3 N–H and O–H groups in total. The summed E-state index contributed by atoms with van der Waals surface area (Å²) in [6, 6.07) is 5.83. The number of amidine groups is 1. The van der Waals surface area contributed by atoms with Crippen molar-refractivity contribution >= 4 is 11.7 Å². The third-order valence-electron chi connectivity index (χ3n) is 2.10. The van der Waals surface area contributed by atoms with E-state index in [2.05, 4.69) is 10.1 Å². The van der Waals surface area contributed by atoms with Crippen LogP contribution in [0.3, 0.4) is 0 Å². The molecule has 0 unspecified atom stereocenters. The molecule has 0 aromatic carbocycles. The van der Waals surface area contributed by atoms with E-state index in [0.717, 1.165) is 11.5 Å². The van der Waals surface area contributed by atoms with Crippen LogP contribution >= 0.6 is 0 Å². The summed E-state index contributed by atoms with van der Waals surface area (Å²) in [5.74, 6) is 1.12. The van der Waals surface area contributed by atoms with E-state index in [-0.39, 0.29) is 5.84 Å². The monoisotopic (exact) mass is 208 g/mol. The minimum Gasteiger partial charge on any atom is -0.409 e. The Morgan fingerprint density at radius 3 is 2.93 bits per heavy atom. The molecule has 1 aromatic heterocycles. The van der Waals surface area contributed by atoms with Gasteiger partial charge in [0.05, 0.1) is 0 Å². The Morgan fingerprint density at radius 2 is 2.33 bits per heavy atom. The van der Waals surface area contributed by atoms with Gasteiger partial charge in [-0.05, 0) is 19.1 Å². The first kappa shape index (κ1) is 11.3. The number of nitrogens with zero attached hydrogens (tertiary/aromatic N) is 3. The van der Waals surface area contributed by atoms with Crippen LogP contribution in [0.2, 0.25) is 0 Å². The number of pyridine rings is 1. The van der Waals surface area contributed by atoms with Crippen LogP contribution in [0.25, 0.3) is 0 Å². The Hall–Kier alpha value is -1.78. The minimum absolute atomic E-state index is 0.231. The lowest BCUT2D eigenvalue weighted by molar-refractivity contribution is 0.317. The van der Waals surface area contributed by atoms with E-state index in [1.165, 1.54) is 0 Å². The second-order valence-electron chi connectivity index (χ2n) is 3.40. The molecule has 5 nitrogen and oxygen atoms in total. The van der Waals surface area contributed by atoms with Gasteiger partial charge in [0.25, 0.3) is 0 Å². The first-order valence-corrected chi connectivity index (χ1v) is 4.74. The zero-order valence-corrected chi connectivity index (χ0v) is 9.01. The van der Waals surface area contributed by atoms with Gasteiger partial charge in [-0.25, -0.2) is 4.98 Å². The van der Waals surface area contributed by atoms with Crippen molar-refractivity contribution in [3.05, 3.63) is 23.9 Å². The summed E-state index contributed by atoms with van der Waals surface area (Å²) in [5.41, 5.74) is 6.36. The lowest BCUT2D eigenvalue weighted by Crippen LogP contribution is -2.25. The van der Waals surface area contributed by atoms with Gasteiger partial charge in [0.2, 0.25) is 0 Å². The lowest BCUT2D eigenvalue weighted by Gasteiger charge is -2.17. The summed E-state index contributed by atoms with van der Waals surface area (Å²) >= 11 is 0. The summed E-state index contributed by atoms with van der Waals surface area (Å²) in [4.78, 5) is 6.32. The van der Waals surface area contributed by atoms with E-state index in [1.807, 2.05) is 37.1 Å². The van der Waals surface area contributed by atoms with Crippen molar-refractivity contribution in [1.82, 2.24) is 4.98 Å². The molecule has 0 aliphatic rings. The largest absolute Gasteiger partial charge is 0.409 e. The molecule has 1 rings (SSSR count). The fourth-order valence-electron chi connectivity index (χ4n) is 1.19. The van der Waals surface area contributed by atoms with E-state index in [4.69, 9.17) is 10.9 Å². The van der Waals surface area contributed by atoms with E-state index >= 15 is 0 Å². The Balaban J connectivity index is 2.57. The summed E-state index contributed by atoms with van der Waals surface area (Å²) in [6.07, 6.45) is 0.516. The van der Waals surface area contributed by atoms with Crippen LogP contribution in [-0.2, 0) is 0 Å². The average molecular weight is 208 g/mol. The number of hydrogen-bond donors (Lipinski definition) is 2. The highest BCUT2D eigenvalue weighted by Gasteiger charge is 2.03. The van der Waals surface area contributed by atoms with E-state index < -0.39 is 0 Å². The zero-order valence-electron chi connectivity index (χ0n) is 9.01. The number of oxime groups is 1. The molecule has 5 heteroatoms. The van der Waals surface area contributed by atoms with Gasteiger partial charge in [-0.3, -0.25) is 0 Å². The van der Waals surface area contributed by atoms with Crippen molar-refractivity contribution in [2.75, 3.05) is 18.5 Å². The maximum absolute atomic E-state index is 8.39. The SMILES string of the molecule is Cc1cccc(N(C)CC/C(N)=N/O)n1. The molecule has 0 radical (unpaired) electrons. The van der Waals surface area contributed by atoms with E-state index in [1.54, 1.807) is 0 Å². The van der Waals surface area contributed by atoms with Crippen LogP contribution in [0, 0.1) is 6.92 Å². The summed E-state index contributed by atoms with van der Waals surface area (Å²) < 4.78 is 0. The van der Waals surface area contributed by atoms with Gasteiger partial charge in [-0.2, -0.15) is 0 Å². The molecule has 15 heavy (non-hydrogen) atoms. The molecule has 0 aliphatic carbocycles. The molecule has 0 bridgehead atoms. The van der Waals surface area contributed by atoms with Crippen molar-refractivity contribution in [3.8, 4) is 0 Å². The number of rotatable bonds is 4. The van der Waals surface area contributed by atoms with Crippen LogP contribution in [0.4, 0.5) is 5.82 Å². The number of anilines is 1. The van der Waals surface area contributed by atoms with Crippen molar-refractivity contribution in [3.63, 3.8) is 0 Å². The molecule has 0 amide bonds. The number of hydrogen-bond acceptors (Lipinski definition) is 4. The summed E-state index contributed by atoms with van der Waals surface area (Å²) in [7, 11) is 1.92. The van der Waals surface area contributed by atoms with Gasteiger partial charge in [0.1, 0.15) is 11.7 Å². The topological polar surface area (TPSA) is 74.7 Å². The lowest BCUT2D eigenvalue weighted by atomic mass is 10.3. The first-order valence-electron chi connectivity index (χ1n) is 4.74. The standard InChI is InChI=1S/C10H16N4O/c1-8-4-3-5-10(12-8)14(2)7-6-9(11)13-15/h3-5,15H,6-7H2,1-2H3,(H2,11,13). The summed E-state index contributed by atoms with van der Waals surface area (Å²) in [6.45, 7) is 2.62. The van der Waals surface area contributed by atoms with Gasteiger partial charge in [-0.15, -0.1) is 0 Å². The Bertz CT molecular complexity index is 351. The smallest absolute Gasteiger partial charge is 0.140 e.